The van der Waals surface area contributed by atoms with E-state index in [1.807, 2.05) is 18.2 Å². The van der Waals surface area contributed by atoms with Crippen molar-refractivity contribution in [1.29, 1.82) is 0 Å². The monoisotopic (exact) mass is 483 g/mol. The molecule has 0 atom stereocenters. The predicted octanol–water partition coefficient (Wildman–Crippen LogP) is 3.66. The van der Waals surface area contributed by atoms with Crippen molar-refractivity contribution in [3.8, 4) is 5.75 Å². The molecule has 0 saturated carbocycles. The summed E-state index contributed by atoms with van der Waals surface area (Å²) in [4.78, 5) is 16.7. The highest BCUT2D eigenvalue weighted by molar-refractivity contribution is 7.92. The highest BCUT2D eigenvalue weighted by Crippen LogP contribution is 2.24. The Morgan fingerprint density at radius 1 is 0.971 bits per heavy atom. The molecule has 1 aliphatic heterocycles. The van der Waals surface area contributed by atoms with Crippen LogP contribution in [0.25, 0.3) is 0 Å². The van der Waals surface area contributed by atoms with Crippen molar-refractivity contribution < 1.29 is 22.3 Å². The molecule has 0 aliphatic carbocycles. The van der Waals surface area contributed by atoms with Crippen LogP contribution in [0.15, 0.2) is 77.7 Å². The zero-order valence-corrected chi connectivity index (χ0v) is 19.6. The molecule has 1 heterocycles. The number of sulfonamides is 1. The van der Waals surface area contributed by atoms with E-state index in [1.165, 1.54) is 42.5 Å². The van der Waals surface area contributed by atoms with Crippen LogP contribution in [0.1, 0.15) is 5.56 Å². The average Bonchev–Trinajstić information content (AvgIpc) is 2.85. The lowest BCUT2D eigenvalue weighted by Gasteiger charge is -2.36. The minimum absolute atomic E-state index is 0.0463. The van der Waals surface area contributed by atoms with Gasteiger partial charge < -0.3 is 14.5 Å². The quantitative estimate of drug-likeness (QED) is 0.555. The smallest absolute Gasteiger partial charge is 0.261 e. The number of amides is 1. The normalized spacial score (nSPS) is 14.1. The standard InChI is InChI=1S/C25H26FN3O4S/c1-19-17-23(34(31,32)27-21-9-7-20(26)8-10-21)11-12-24(19)33-18-25(30)29-15-13-28(14-16-29)22-5-3-2-4-6-22/h2-12,17,27H,13-16,18H2,1H3. The molecule has 1 amide bonds. The number of carbonyl (C=O) groups is 1. The maximum Gasteiger partial charge on any atom is 0.261 e. The molecule has 0 radical (unpaired) electrons. The van der Waals surface area contributed by atoms with E-state index in [9.17, 15) is 17.6 Å². The fraction of sp³-hybridized carbons (Fsp3) is 0.240. The Morgan fingerprint density at radius 3 is 2.29 bits per heavy atom. The first kappa shape index (κ1) is 23.6. The first-order valence-corrected chi connectivity index (χ1v) is 12.4. The second kappa shape index (κ2) is 10.1. The van der Waals surface area contributed by atoms with Gasteiger partial charge in [-0.3, -0.25) is 9.52 Å². The molecule has 1 N–H and O–H groups in total. The molecule has 0 bridgehead atoms. The van der Waals surface area contributed by atoms with Crippen LogP contribution in [0.4, 0.5) is 15.8 Å². The SMILES string of the molecule is Cc1cc(S(=O)(=O)Nc2ccc(F)cc2)ccc1OCC(=O)N1CCN(c2ccccc2)CC1. The third kappa shape index (κ3) is 5.66. The summed E-state index contributed by atoms with van der Waals surface area (Å²) in [5, 5.41) is 0. The molecule has 7 nitrogen and oxygen atoms in total. The van der Waals surface area contributed by atoms with Crippen molar-refractivity contribution in [2.75, 3.05) is 42.4 Å². The number of nitrogens with one attached hydrogen (secondary N) is 1. The number of carbonyl (C=O) groups excluding carboxylic acids is 1. The highest BCUT2D eigenvalue weighted by Gasteiger charge is 2.22. The van der Waals surface area contributed by atoms with E-state index in [0.717, 1.165) is 18.8 Å². The van der Waals surface area contributed by atoms with Crippen LogP contribution in [0.2, 0.25) is 0 Å². The lowest BCUT2D eigenvalue weighted by molar-refractivity contribution is -0.133. The van der Waals surface area contributed by atoms with Gasteiger partial charge >= 0.3 is 0 Å². The van der Waals surface area contributed by atoms with E-state index < -0.39 is 15.8 Å². The highest BCUT2D eigenvalue weighted by atomic mass is 32.2. The summed E-state index contributed by atoms with van der Waals surface area (Å²) < 4.78 is 46.5. The number of rotatable bonds is 7. The van der Waals surface area contributed by atoms with E-state index in [2.05, 4.69) is 21.8 Å². The van der Waals surface area contributed by atoms with Gasteiger partial charge in [-0.25, -0.2) is 12.8 Å². The van der Waals surface area contributed by atoms with Gasteiger partial charge in [0.1, 0.15) is 11.6 Å². The third-order valence-corrected chi connectivity index (χ3v) is 7.04. The van der Waals surface area contributed by atoms with Crippen LogP contribution in [0.5, 0.6) is 5.75 Å². The number of nitrogens with zero attached hydrogens (tertiary/aromatic N) is 2. The largest absolute Gasteiger partial charge is 0.483 e. The van der Waals surface area contributed by atoms with Gasteiger partial charge in [-0.15, -0.1) is 0 Å². The van der Waals surface area contributed by atoms with Crippen LogP contribution >= 0.6 is 0 Å². The molecular formula is C25H26FN3O4S. The van der Waals surface area contributed by atoms with E-state index in [0.29, 0.717) is 24.4 Å². The maximum absolute atomic E-state index is 13.1. The van der Waals surface area contributed by atoms with Crippen molar-refractivity contribution in [3.05, 3.63) is 84.2 Å². The molecule has 9 heteroatoms. The molecule has 1 saturated heterocycles. The number of hydrogen-bond donors (Lipinski definition) is 1. The van der Waals surface area contributed by atoms with Crippen LogP contribution in [-0.4, -0.2) is 52.0 Å². The number of benzene rings is 3. The molecule has 0 spiro atoms. The Morgan fingerprint density at radius 2 is 1.65 bits per heavy atom. The summed E-state index contributed by atoms with van der Waals surface area (Å²) in [6.45, 7) is 4.33. The van der Waals surface area contributed by atoms with Crippen molar-refractivity contribution in [3.63, 3.8) is 0 Å². The topological polar surface area (TPSA) is 78.9 Å². The Labute approximate surface area is 198 Å². The number of ether oxygens (including phenoxy) is 1. The number of aryl methyl sites for hydroxylation is 1. The van der Waals surface area contributed by atoms with E-state index in [1.54, 1.807) is 11.8 Å². The summed E-state index contributed by atoms with van der Waals surface area (Å²) in [5.41, 5.74) is 1.99. The predicted molar refractivity (Wildman–Crippen MR) is 129 cm³/mol. The van der Waals surface area contributed by atoms with Gasteiger partial charge in [0.25, 0.3) is 15.9 Å². The second-order valence-corrected chi connectivity index (χ2v) is 9.71. The van der Waals surface area contributed by atoms with Gasteiger partial charge in [0, 0.05) is 37.6 Å². The molecule has 3 aromatic rings. The molecule has 0 unspecified atom stereocenters. The van der Waals surface area contributed by atoms with Crippen molar-refractivity contribution in [1.82, 2.24) is 4.90 Å². The van der Waals surface area contributed by atoms with Crippen LogP contribution in [-0.2, 0) is 14.8 Å². The molecule has 178 valence electrons. The fourth-order valence-electron chi connectivity index (χ4n) is 3.77. The first-order valence-electron chi connectivity index (χ1n) is 10.9. The molecule has 0 aromatic heterocycles. The van der Waals surface area contributed by atoms with Crippen LogP contribution in [0.3, 0.4) is 0 Å². The maximum atomic E-state index is 13.1. The minimum Gasteiger partial charge on any atom is -0.483 e. The van der Waals surface area contributed by atoms with Crippen molar-refractivity contribution in [2.45, 2.75) is 11.8 Å². The Bertz CT molecular complexity index is 1240. The van der Waals surface area contributed by atoms with Crippen LogP contribution < -0.4 is 14.4 Å². The Kier molecular flexibility index (Phi) is 7.02. The zero-order valence-electron chi connectivity index (χ0n) is 18.8. The molecule has 3 aromatic carbocycles. The van der Waals surface area contributed by atoms with Gasteiger partial charge in [-0.2, -0.15) is 0 Å². The lowest BCUT2D eigenvalue weighted by Crippen LogP contribution is -2.50. The van der Waals surface area contributed by atoms with E-state index >= 15 is 0 Å². The molecule has 1 aliphatic rings. The first-order chi connectivity index (χ1) is 16.3. The fourth-order valence-corrected chi connectivity index (χ4v) is 4.91. The van der Waals surface area contributed by atoms with Gasteiger partial charge in [-0.05, 0) is 67.1 Å². The average molecular weight is 484 g/mol. The summed E-state index contributed by atoms with van der Waals surface area (Å²) in [7, 11) is -3.85. The summed E-state index contributed by atoms with van der Waals surface area (Å²) in [6, 6.07) is 19.6. The van der Waals surface area contributed by atoms with Crippen molar-refractivity contribution >= 4 is 27.3 Å². The third-order valence-electron chi connectivity index (χ3n) is 5.66. The number of hydrogen-bond acceptors (Lipinski definition) is 5. The molecule has 1 fully saturated rings. The van der Waals surface area contributed by atoms with Crippen LogP contribution in [0, 0.1) is 12.7 Å². The zero-order chi connectivity index (χ0) is 24.1. The number of piperazine rings is 1. The summed E-state index contributed by atoms with van der Waals surface area (Å²) in [5.74, 6) is -0.119. The van der Waals surface area contributed by atoms with E-state index in [-0.39, 0.29) is 23.1 Å². The minimum atomic E-state index is -3.85. The summed E-state index contributed by atoms with van der Waals surface area (Å²) in [6.07, 6.45) is 0. The van der Waals surface area contributed by atoms with Gasteiger partial charge in [-0.1, -0.05) is 18.2 Å². The van der Waals surface area contributed by atoms with E-state index in [4.69, 9.17) is 4.74 Å². The second-order valence-electron chi connectivity index (χ2n) is 8.03. The van der Waals surface area contributed by atoms with Gasteiger partial charge in [0.15, 0.2) is 6.61 Å². The number of halogens is 1. The molecular weight excluding hydrogens is 457 g/mol. The number of anilines is 2. The Balaban J connectivity index is 1.32. The lowest BCUT2D eigenvalue weighted by atomic mass is 10.2. The van der Waals surface area contributed by atoms with Gasteiger partial charge in [0.05, 0.1) is 4.90 Å². The molecule has 4 rings (SSSR count). The molecule has 34 heavy (non-hydrogen) atoms. The number of para-hydroxylation sites is 1. The summed E-state index contributed by atoms with van der Waals surface area (Å²) >= 11 is 0. The van der Waals surface area contributed by atoms with Crippen molar-refractivity contribution in [2.24, 2.45) is 0 Å². The van der Waals surface area contributed by atoms with Gasteiger partial charge in [0.2, 0.25) is 0 Å². The Hall–Kier alpha value is -3.59.